The Morgan fingerprint density at radius 3 is 2.74 bits per heavy atom. The van der Waals surface area contributed by atoms with Crippen LogP contribution in [0.25, 0.3) is 10.2 Å². The molecule has 0 spiro atoms. The quantitative estimate of drug-likeness (QED) is 0.445. The summed E-state index contributed by atoms with van der Waals surface area (Å²) in [5, 5.41) is 1.29. The van der Waals surface area contributed by atoms with E-state index >= 15 is 0 Å². The number of fused-ring (bicyclic) bond motifs is 1. The Labute approximate surface area is 170 Å². The maximum atomic E-state index is 12.3. The zero-order valence-electron chi connectivity index (χ0n) is 15.2. The first-order valence-corrected chi connectivity index (χ1v) is 10.6. The van der Waals surface area contributed by atoms with Gasteiger partial charge >= 0.3 is 5.97 Å². The molecule has 0 saturated heterocycles. The molecule has 0 fully saturated rings. The molecule has 0 amide bonds. The number of aryl methyl sites for hydroxylation is 2. The number of hydrogen-bond donors (Lipinski definition) is 1. The normalized spacial score (nSPS) is 12.3. The van der Waals surface area contributed by atoms with Gasteiger partial charge < -0.3 is 9.72 Å². The average molecular weight is 423 g/mol. The van der Waals surface area contributed by atoms with E-state index in [9.17, 15) is 9.59 Å². The minimum atomic E-state index is -0.613. The molecule has 0 aliphatic rings. The molecule has 142 valence electrons. The summed E-state index contributed by atoms with van der Waals surface area (Å²) in [6, 6.07) is 7.46. The van der Waals surface area contributed by atoms with Gasteiger partial charge in [0.2, 0.25) is 0 Å². The van der Waals surface area contributed by atoms with Crippen LogP contribution in [-0.4, -0.2) is 21.7 Å². The average Bonchev–Trinajstić information content (AvgIpc) is 2.91. The van der Waals surface area contributed by atoms with E-state index in [0.717, 1.165) is 15.3 Å². The molecule has 1 atom stereocenters. The van der Waals surface area contributed by atoms with Gasteiger partial charge in [0.15, 0.2) is 11.9 Å². The van der Waals surface area contributed by atoms with Crippen LogP contribution in [0.1, 0.15) is 35.7 Å². The number of carbonyl (C=O) groups is 1. The van der Waals surface area contributed by atoms with Crippen LogP contribution >= 0.6 is 34.7 Å². The molecule has 1 aromatic carbocycles. The SMILES string of the molecule is Cc1sc2nc(C(C)OC(=O)CCSc3ccc(Cl)cc3)[nH]c(=O)c2c1C. The van der Waals surface area contributed by atoms with Gasteiger partial charge in [-0.1, -0.05) is 11.6 Å². The number of carbonyl (C=O) groups excluding carboxylic acids is 1. The molecule has 2 heterocycles. The van der Waals surface area contributed by atoms with Crippen molar-refractivity contribution in [3.63, 3.8) is 0 Å². The molecule has 0 bridgehead atoms. The van der Waals surface area contributed by atoms with Gasteiger partial charge in [0.05, 0.1) is 11.8 Å². The number of H-pyrrole nitrogens is 1. The third kappa shape index (κ3) is 4.72. The maximum absolute atomic E-state index is 12.3. The fourth-order valence-corrected chi connectivity index (χ4v) is 4.55. The van der Waals surface area contributed by atoms with E-state index in [1.165, 1.54) is 11.3 Å². The predicted octanol–water partition coefficient (Wildman–Crippen LogP) is 5.04. The van der Waals surface area contributed by atoms with E-state index in [1.54, 1.807) is 18.7 Å². The van der Waals surface area contributed by atoms with Crippen LogP contribution in [0.2, 0.25) is 5.02 Å². The van der Waals surface area contributed by atoms with E-state index in [1.807, 2.05) is 38.1 Å². The van der Waals surface area contributed by atoms with E-state index < -0.39 is 6.10 Å². The molecule has 1 N–H and O–H groups in total. The van der Waals surface area contributed by atoms with Gasteiger partial charge in [0, 0.05) is 20.5 Å². The smallest absolute Gasteiger partial charge is 0.307 e. The molecular formula is C19H19ClN2O3S2. The highest BCUT2D eigenvalue weighted by atomic mass is 35.5. The Balaban J connectivity index is 1.60. The number of halogens is 1. The lowest BCUT2D eigenvalue weighted by Crippen LogP contribution is -2.17. The van der Waals surface area contributed by atoms with E-state index in [4.69, 9.17) is 16.3 Å². The third-order valence-corrected chi connectivity index (χ3v) is 6.51. The summed E-state index contributed by atoms with van der Waals surface area (Å²) in [5.74, 6) is 0.636. The molecular weight excluding hydrogens is 404 g/mol. The van der Waals surface area contributed by atoms with Crippen molar-refractivity contribution in [3.05, 3.63) is 55.9 Å². The van der Waals surface area contributed by atoms with E-state index in [0.29, 0.717) is 26.8 Å². The summed E-state index contributed by atoms with van der Waals surface area (Å²) < 4.78 is 5.43. The molecule has 1 unspecified atom stereocenters. The van der Waals surface area contributed by atoms with Crippen LogP contribution in [-0.2, 0) is 9.53 Å². The van der Waals surface area contributed by atoms with Gasteiger partial charge in [-0.25, -0.2) is 4.98 Å². The monoisotopic (exact) mass is 422 g/mol. The van der Waals surface area contributed by atoms with Crippen molar-refractivity contribution in [3.8, 4) is 0 Å². The summed E-state index contributed by atoms with van der Waals surface area (Å²) in [6.45, 7) is 5.58. The molecule has 5 nitrogen and oxygen atoms in total. The maximum Gasteiger partial charge on any atom is 0.307 e. The third-order valence-electron chi connectivity index (χ3n) is 4.14. The zero-order chi connectivity index (χ0) is 19.6. The number of nitrogens with zero attached hydrogens (tertiary/aromatic N) is 1. The van der Waals surface area contributed by atoms with Crippen molar-refractivity contribution < 1.29 is 9.53 Å². The highest BCUT2D eigenvalue weighted by molar-refractivity contribution is 7.99. The highest BCUT2D eigenvalue weighted by Crippen LogP contribution is 2.27. The van der Waals surface area contributed by atoms with Crippen molar-refractivity contribution in [1.29, 1.82) is 0 Å². The lowest BCUT2D eigenvalue weighted by atomic mass is 10.2. The van der Waals surface area contributed by atoms with Crippen LogP contribution in [0.5, 0.6) is 0 Å². The summed E-state index contributed by atoms with van der Waals surface area (Å²) in [6.07, 6.45) is -0.348. The molecule has 0 saturated carbocycles. The Kier molecular flexibility index (Phi) is 6.24. The lowest BCUT2D eigenvalue weighted by Gasteiger charge is -2.12. The Morgan fingerprint density at radius 2 is 2.04 bits per heavy atom. The van der Waals surface area contributed by atoms with Crippen molar-refractivity contribution in [1.82, 2.24) is 9.97 Å². The first-order valence-electron chi connectivity index (χ1n) is 8.43. The summed E-state index contributed by atoms with van der Waals surface area (Å²) in [5.41, 5.74) is 0.747. The van der Waals surface area contributed by atoms with Crippen molar-refractivity contribution >= 4 is 50.9 Å². The number of thiophene rings is 1. The number of ether oxygens (including phenoxy) is 1. The number of rotatable bonds is 6. The summed E-state index contributed by atoms with van der Waals surface area (Å²) in [4.78, 5) is 34.4. The lowest BCUT2D eigenvalue weighted by molar-refractivity contribution is -0.148. The molecule has 3 rings (SSSR count). The molecule has 27 heavy (non-hydrogen) atoms. The van der Waals surface area contributed by atoms with Crippen molar-refractivity contribution in [2.24, 2.45) is 0 Å². The van der Waals surface area contributed by atoms with Crippen LogP contribution in [0, 0.1) is 13.8 Å². The summed E-state index contributed by atoms with van der Waals surface area (Å²) in [7, 11) is 0. The molecule has 3 aromatic rings. The van der Waals surface area contributed by atoms with Gasteiger partial charge in [0.1, 0.15) is 4.83 Å². The van der Waals surface area contributed by atoms with Crippen LogP contribution < -0.4 is 5.56 Å². The molecule has 0 aliphatic heterocycles. The zero-order valence-corrected chi connectivity index (χ0v) is 17.6. The number of aromatic nitrogens is 2. The number of aromatic amines is 1. The number of thioether (sulfide) groups is 1. The highest BCUT2D eigenvalue weighted by Gasteiger charge is 2.18. The van der Waals surface area contributed by atoms with Gasteiger partial charge in [-0.05, 0) is 50.6 Å². The summed E-state index contributed by atoms with van der Waals surface area (Å²) >= 11 is 8.88. The predicted molar refractivity (Wildman–Crippen MR) is 111 cm³/mol. The molecule has 0 aliphatic carbocycles. The fourth-order valence-electron chi connectivity index (χ4n) is 2.56. The first kappa shape index (κ1) is 19.9. The van der Waals surface area contributed by atoms with E-state index in [2.05, 4.69) is 9.97 Å². The first-order chi connectivity index (χ1) is 12.8. The minimum absolute atomic E-state index is 0.196. The van der Waals surface area contributed by atoms with Crippen LogP contribution in [0.4, 0.5) is 0 Å². The minimum Gasteiger partial charge on any atom is -0.454 e. The molecule has 0 radical (unpaired) electrons. The van der Waals surface area contributed by atoms with Crippen LogP contribution in [0.3, 0.4) is 0 Å². The number of benzene rings is 1. The van der Waals surface area contributed by atoms with Gasteiger partial charge in [-0.3, -0.25) is 9.59 Å². The Hall–Kier alpha value is -1.83. The van der Waals surface area contributed by atoms with Crippen molar-refractivity contribution in [2.75, 3.05) is 5.75 Å². The Bertz CT molecular complexity index is 1030. The molecule has 2 aromatic heterocycles. The standard InChI is InChI=1S/C19H19ClN2O3S2/c1-10-12(3)27-19-16(10)18(24)21-17(22-19)11(2)25-15(23)8-9-26-14-6-4-13(20)5-7-14/h4-7,11H,8-9H2,1-3H3,(H,21,22,24). The van der Waals surface area contributed by atoms with E-state index in [-0.39, 0.29) is 17.9 Å². The largest absolute Gasteiger partial charge is 0.454 e. The van der Waals surface area contributed by atoms with Crippen molar-refractivity contribution in [2.45, 2.75) is 38.2 Å². The fraction of sp³-hybridized carbons (Fsp3) is 0.316. The molecule has 8 heteroatoms. The van der Waals surface area contributed by atoms with Gasteiger partial charge in [0.25, 0.3) is 5.56 Å². The second-order valence-electron chi connectivity index (χ2n) is 6.10. The second kappa shape index (κ2) is 8.46. The number of hydrogen-bond acceptors (Lipinski definition) is 6. The topological polar surface area (TPSA) is 72.0 Å². The van der Waals surface area contributed by atoms with Gasteiger partial charge in [-0.2, -0.15) is 0 Å². The Morgan fingerprint density at radius 1 is 1.33 bits per heavy atom. The second-order valence-corrected chi connectivity index (χ2v) is 8.91. The van der Waals surface area contributed by atoms with Gasteiger partial charge in [-0.15, -0.1) is 23.1 Å². The number of nitrogens with one attached hydrogen (secondary N) is 1. The number of esters is 1. The van der Waals surface area contributed by atoms with Crippen LogP contribution in [0.15, 0.2) is 34.0 Å².